The van der Waals surface area contributed by atoms with E-state index < -0.39 is 36.9 Å². The molecule has 0 unspecified atom stereocenters. The molecule has 1 amide bonds. The lowest BCUT2D eigenvalue weighted by molar-refractivity contribution is 0.0582. The number of fused-ring (bicyclic) bond motifs is 1. The highest BCUT2D eigenvalue weighted by Gasteiger charge is 2.38. The number of amides is 1. The minimum absolute atomic E-state index is 0.0343. The molecule has 0 spiro atoms. The molecule has 0 radical (unpaired) electrons. The van der Waals surface area contributed by atoms with Crippen molar-refractivity contribution in [1.29, 1.82) is 0 Å². The van der Waals surface area contributed by atoms with Gasteiger partial charge in [-0.3, -0.25) is 4.90 Å². The van der Waals surface area contributed by atoms with Crippen LogP contribution < -0.4 is 4.90 Å². The number of ether oxygens (including phenoxy) is 2. The molecule has 0 N–H and O–H groups in total. The third-order valence-electron chi connectivity index (χ3n) is 7.76. The predicted octanol–water partition coefficient (Wildman–Crippen LogP) is 6.80. The van der Waals surface area contributed by atoms with Crippen LogP contribution in [0.25, 0.3) is 22.2 Å². The zero-order chi connectivity index (χ0) is 29.8. The molecule has 2 aromatic heterocycles. The summed E-state index contributed by atoms with van der Waals surface area (Å²) in [5, 5.41) is 4.07. The van der Waals surface area contributed by atoms with Gasteiger partial charge in [0.05, 0.1) is 39.2 Å². The Balaban J connectivity index is 1.46. The Kier molecular flexibility index (Phi) is 5.70. The summed E-state index contributed by atoms with van der Waals surface area (Å²) in [5.41, 5.74) is 4.02. The summed E-state index contributed by atoms with van der Waals surface area (Å²) in [4.78, 5) is 19.4. The highest BCUT2D eigenvalue weighted by atomic mass is 19.1. The fourth-order valence-corrected chi connectivity index (χ4v) is 6.00. The molecule has 10 heteroatoms. The molecule has 0 bridgehead atoms. The first kappa shape index (κ1) is 22.1. The van der Waals surface area contributed by atoms with Crippen LogP contribution in [0, 0.1) is 25.5 Å². The minimum Gasteiger partial charge on any atom is -0.449 e. The summed E-state index contributed by atoms with van der Waals surface area (Å²) in [6, 6.07) is 8.08. The summed E-state index contributed by atoms with van der Waals surface area (Å²) < 4.78 is 69.0. The van der Waals surface area contributed by atoms with E-state index in [1.54, 1.807) is 0 Å². The number of methoxy groups -OCH3 is 1. The third kappa shape index (κ3) is 4.56. The Morgan fingerprint density at radius 2 is 1.82 bits per heavy atom. The number of halogens is 2. The van der Waals surface area contributed by atoms with Gasteiger partial charge < -0.3 is 18.6 Å². The molecule has 39 heavy (non-hydrogen) atoms. The lowest BCUT2D eigenvalue weighted by Crippen LogP contribution is -2.42. The van der Waals surface area contributed by atoms with Crippen LogP contribution in [0.5, 0.6) is 0 Å². The molecule has 8 nitrogen and oxygen atoms in total. The second-order valence-electron chi connectivity index (χ2n) is 10.2. The van der Waals surface area contributed by atoms with Crippen LogP contribution in [0.2, 0.25) is 0 Å². The van der Waals surface area contributed by atoms with E-state index in [0.717, 1.165) is 40.5 Å². The third-order valence-corrected chi connectivity index (χ3v) is 7.76. The van der Waals surface area contributed by atoms with Crippen molar-refractivity contribution in [2.45, 2.75) is 64.1 Å². The molecule has 2 aliphatic rings. The maximum Gasteiger partial charge on any atom is 0.414 e. The zero-order valence-corrected chi connectivity index (χ0v) is 21.6. The standard InChI is InChI=1S/C29H30F2N4O4/c1-16-27(17(2)39-33-16)18-4-9-25-24(12-18)32-28(34(25)21-5-7-23(37-3)8-6-21)26-10-11-38-29(36)35(26)22-14-19(30)13-20(31)15-22/h4,9,12-15,21,23,26H,5-8,10-11H2,1-3H3/t21-,23-,26-/m0/s1/i3D3. The molecule has 1 aliphatic carbocycles. The number of hydrogen-bond acceptors (Lipinski definition) is 6. The molecule has 4 aromatic rings. The quantitative estimate of drug-likeness (QED) is 0.277. The van der Waals surface area contributed by atoms with Gasteiger partial charge in [-0.05, 0) is 69.4 Å². The first-order chi connectivity index (χ1) is 20.0. The van der Waals surface area contributed by atoms with E-state index >= 15 is 0 Å². The average molecular weight is 540 g/mol. The van der Waals surface area contributed by atoms with Crippen LogP contribution in [0.15, 0.2) is 40.9 Å². The molecule has 1 saturated heterocycles. The highest BCUT2D eigenvalue weighted by Crippen LogP contribution is 2.41. The number of hydrogen-bond donors (Lipinski definition) is 0. The molecule has 204 valence electrons. The molecule has 1 aliphatic heterocycles. The zero-order valence-electron chi connectivity index (χ0n) is 24.6. The number of benzene rings is 2. The molecular weight excluding hydrogens is 506 g/mol. The highest BCUT2D eigenvalue weighted by molar-refractivity contribution is 5.90. The molecule has 6 rings (SSSR count). The summed E-state index contributed by atoms with van der Waals surface area (Å²) in [6.07, 6.45) is 1.54. The number of carbonyl (C=O) groups is 1. The van der Waals surface area contributed by atoms with Gasteiger partial charge in [0.25, 0.3) is 0 Å². The lowest BCUT2D eigenvalue weighted by Gasteiger charge is -2.37. The van der Waals surface area contributed by atoms with Gasteiger partial charge in [-0.15, -0.1) is 0 Å². The number of imidazole rings is 1. The Morgan fingerprint density at radius 3 is 2.51 bits per heavy atom. The van der Waals surface area contributed by atoms with Crippen molar-refractivity contribution in [3.05, 3.63) is 65.3 Å². The molecular formula is C29H30F2N4O4. The van der Waals surface area contributed by atoms with Crippen molar-refractivity contribution < 1.29 is 31.7 Å². The average Bonchev–Trinajstić information content (AvgIpc) is 3.46. The van der Waals surface area contributed by atoms with Crippen LogP contribution >= 0.6 is 0 Å². The van der Waals surface area contributed by atoms with Gasteiger partial charge in [0.2, 0.25) is 0 Å². The first-order valence-electron chi connectivity index (χ1n) is 14.5. The van der Waals surface area contributed by atoms with Gasteiger partial charge in [-0.1, -0.05) is 11.2 Å². The van der Waals surface area contributed by atoms with E-state index in [1.807, 2.05) is 32.0 Å². The number of carbonyl (C=O) groups excluding carboxylic acids is 1. The fraction of sp³-hybridized carbons (Fsp3) is 0.414. The van der Waals surface area contributed by atoms with Crippen LogP contribution in [-0.2, 0) is 9.47 Å². The summed E-state index contributed by atoms with van der Waals surface area (Å²) in [5.74, 6) is -0.393. The second-order valence-corrected chi connectivity index (χ2v) is 10.2. The number of anilines is 1. The van der Waals surface area contributed by atoms with E-state index in [9.17, 15) is 13.6 Å². The van der Waals surface area contributed by atoms with E-state index in [2.05, 4.69) is 9.72 Å². The van der Waals surface area contributed by atoms with Gasteiger partial charge in [-0.25, -0.2) is 18.6 Å². The van der Waals surface area contributed by atoms with Crippen LogP contribution in [0.4, 0.5) is 19.3 Å². The van der Waals surface area contributed by atoms with Gasteiger partial charge in [0.15, 0.2) is 0 Å². The number of aromatic nitrogens is 3. The number of cyclic esters (lactones) is 1. The second kappa shape index (κ2) is 10.1. The topological polar surface area (TPSA) is 82.6 Å². The monoisotopic (exact) mass is 539 g/mol. The predicted molar refractivity (Wildman–Crippen MR) is 141 cm³/mol. The van der Waals surface area contributed by atoms with Crippen LogP contribution in [-0.4, -0.2) is 40.5 Å². The van der Waals surface area contributed by atoms with Crippen molar-refractivity contribution in [1.82, 2.24) is 14.7 Å². The van der Waals surface area contributed by atoms with E-state index in [4.69, 9.17) is 23.1 Å². The number of rotatable bonds is 5. The summed E-state index contributed by atoms with van der Waals surface area (Å²) in [7, 11) is -2.47. The smallest absolute Gasteiger partial charge is 0.414 e. The normalized spacial score (nSPS) is 23.4. The maximum absolute atomic E-state index is 14.3. The van der Waals surface area contributed by atoms with Gasteiger partial charge >= 0.3 is 6.09 Å². The Labute approximate surface area is 228 Å². The number of aryl methyl sites for hydroxylation is 2. The molecule has 2 fully saturated rings. The Morgan fingerprint density at radius 1 is 1.05 bits per heavy atom. The van der Waals surface area contributed by atoms with Crippen molar-refractivity contribution in [2.24, 2.45) is 0 Å². The Bertz CT molecular complexity index is 1610. The first-order valence-corrected chi connectivity index (χ1v) is 13.0. The van der Waals surface area contributed by atoms with Crippen molar-refractivity contribution in [3.63, 3.8) is 0 Å². The van der Waals surface area contributed by atoms with Crippen LogP contribution in [0.1, 0.15) is 65.6 Å². The maximum atomic E-state index is 14.3. The summed E-state index contributed by atoms with van der Waals surface area (Å²) >= 11 is 0. The van der Waals surface area contributed by atoms with Gasteiger partial charge in [0.1, 0.15) is 29.3 Å². The number of nitrogens with zero attached hydrogens (tertiary/aromatic N) is 4. The van der Waals surface area contributed by atoms with Crippen molar-refractivity contribution in [3.8, 4) is 11.1 Å². The molecule has 1 atom stereocenters. The fourth-order valence-electron chi connectivity index (χ4n) is 6.00. The van der Waals surface area contributed by atoms with E-state index in [1.165, 1.54) is 4.90 Å². The van der Waals surface area contributed by atoms with Crippen molar-refractivity contribution in [2.75, 3.05) is 18.5 Å². The SMILES string of the molecule is [2H]C([2H])([2H])O[C@H]1CC[C@H](n2c([C@@H]3CCOC(=O)N3c3cc(F)cc(F)c3)nc3cc(-c4c(C)noc4C)ccc32)CC1. The van der Waals surface area contributed by atoms with Crippen LogP contribution in [0.3, 0.4) is 0 Å². The largest absolute Gasteiger partial charge is 0.449 e. The molecule has 2 aromatic carbocycles. The summed E-state index contributed by atoms with van der Waals surface area (Å²) in [6.45, 7) is 3.82. The van der Waals surface area contributed by atoms with E-state index in [0.29, 0.717) is 49.2 Å². The van der Waals surface area contributed by atoms with Gasteiger partial charge in [-0.2, -0.15) is 0 Å². The Hall–Kier alpha value is -3.79. The minimum atomic E-state index is -2.47. The van der Waals surface area contributed by atoms with E-state index in [-0.39, 0.29) is 18.3 Å². The molecule has 1 saturated carbocycles. The van der Waals surface area contributed by atoms with Gasteiger partial charge in [0, 0.05) is 31.1 Å². The molecule has 3 heterocycles. The lowest BCUT2D eigenvalue weighted by atomic mass is 9.92. The van der Waals surface area contributed by atoms with Crippen molar-refractivity contribution >= 4 is 22.8 Å².